The van der Waals surface area contributed by atoms with Crippen molar-refractivity contribution in [2.75, 3.05) is 13.1 Å². The molecule has 22 heavy (non-hydrogen) atoms. The van der Waals surface area contributed by atoms with Gasteiger partial charge in [0.25, 0.3) is 0 Å². The first-order chi connectivity index (χ1) is 10.6. The Labute approximate surface area is 145 Å². The van der Waals surface area contributed by atoms with Gasteiger partial charge in [-0.15, -0.1) is 0 Å². The number of rotatable bonds is 5. The Morgan fingerprint density at radius 3 is 2.32 bits per heavy atom. The minimum Gasteiger partial charge on any atom is -0.486 e. The van der Waals surface area contributed by atoms with Crippen LogP contribution in [0.3, 0.4) is 0 Å². The second-order valence-corrected chi connectivity index (χ2v) is 6.74. The second-order valence-electron chi connectivity index (χ2n) is 5.49. The van der Waals surface area contributed by atoms with Crippen LogP contribution in [0.25, 0.3) is 0 Å². The van der Waals surface area contributed by atoms with E-state index in [9.17, 15) is 0 Å². The largest absolute Gasteiger partial charge is 0.486 e. The van der Waals surface area contributed by atoms with Crippen molar-refractivity contribution >= 4 is 34.8 Å². The molecule has 0 aliphatic carbocycles. The summed E-state index contributed by atoms with van der Waals surface area (Å²) in [4.78, 5) is 0. The summed E-state index contributed by atoms with van der Waals surface area (Å²) in [6.45, 7) is 2.06. The number of halogens is 3. The summed E-state index contributed by atoms with van der Waals surface area (Å²) < 4.78 is 6.17. The molecule has 1 aliphatic rings. The number of benzene rings is 2. The minimum absolute atomic E-state index is 0.0527. The van der Waals surface area contributed by atoms with E-state index < -0.39 is 0 Å². The molecule has 1 unspecified atom stereocenters. The zero-order valence-corrected chi connectivity index (χ0v) is 14.1. The van der Waals surface area contributed by atoms with Gasteiger partial charge in [0.1, 0.15) is 11.9 Å². The lowest BCUT2D eigenvalue weighted by Gasteiger charge is -2.31. The standard InChI is InChI=1S/C17H16Cl3NO/c18-13-2-4-14(5-3-13)22-17(7-11-9-21-10-11)12-1-6-15(19)16(20)8-12/h1-6,8,11,17,21H,7,9-10H2. The van der Waals surface area contributed by atoms with Gasteiger partial charge in [0.05, 0.1) is 10.0 Å². The maximum atomic E-state index is 6.17. The Hall–Kier alpha value is -0.930. The highest BCUT2D eigenvalue weighted by Gasteiger charge is 2.24. The highest BCUT2D eigenvalue weighted by Crippen LogP contribution is 2.33. The Morgan fingerprint density at radius 1 is 1.00 bits per heavy atom. The average molecular weight is 357 g/mol. The summed E-state index contributed by atoms with van der Waals surface area (Å²) in [6.07, 6.45) is 0.885. The molecular formula is C17H16Cl3NO. The quantitative estimate of drug-likeness (QED) is 0.777. The monoisotopic (exact) mass is 355 g/mol. The molecule has 0 radical (unpaired) electrons. The summed E-state index contributed by atoms with van der Waals surface area (Å²) in [5, 5.41) is 5.09. The smallest absolute Gasteiger partial charge is 0.124 e. The summed E-state index contributed by atoms with van der Waals surface area (Å²) >= 11 is 18.1. The van der Waals surface area contributed by atoms with Crippen molar-refractivity contribution in [2.45, 2.75) is 12.5 Å². The number of nitrogens with one attached hydrogen (secondary N) is 1. The van der Waals surface area contributed by atoms with Crippen molar-refractivity contribution in [3.8, 4) is 5.75 Å². The highest BCUT2D eigenvalue weighted by molar-refractivity contribution is 6.42. The van der Waals surface area contributed by atoms with Crippen molar-refractivity contribution < 1.29 is 4.74 Å². The third-order valence-electron chi connectivity index (χ3n) is 3.82. The fourth-order valence-corrected chi connectivity index (χ4v) is 2.89. The van der Waals surface area contributed by atoms with Gasteiger partial charge in [0, 0.05) is 5.02 Å². The molecule has 1 atom stereocenters. The number of ether oxygens (including phenoxy) is 1. The molecule has 5 heteroatoms. The first-order valence-corrected chi connectivity index (χ1v) is 8.33. The SMILES string of the molecule is Clc1ccc(OC(CC2CNC2)c2ccc(Cl)c(Cl)c2)cc1. The summed E-state index contributed by atoms with van der Waals surface area (Å²) in [5.74, 6) is 1.42. The normalized spacial score (nSPS) is 16.1. The lowest BCUT2D eigenvalue weighted by Crippen LogP contribution is -2.43. The fraction of sp³-hybridized carbons (Fsp3) is 0.294. The van der Waals surface area contributed by atoms with Crippen LogP contribution in [0.2, 0.25) is 15.1 Å². The Morgan fingerprint density at radius 2 is 1.73 bits per heavy atom. The van der Waals surface area contributed by atoms with Gasteiger partial charge in [-0.1, -0.05) is 40.9 Å². The van der Waals surface area contributed by atoms with E-state index in [0.717, 1.165) is 30.8 Å². The van der Waals surface area contributed by atoms with Gasteiger partial charge in [-0.25, -0.2) is 0 Å². The first-order valence-electron chi connectivity index (χ1n) is 7.19. The summed E-state index contributed by atoms with van der Waals surface area (Å²) in [6, 6.07) is 13.1. The van der Waals surface area contributed by atoms with Gasteiger partial charge >= 0.3 is 0 Å². The molecule has 1 aliphatic heterocycles. The van der Waals surface area contributed by atoms with E-state index in [0.29, 0.717) is 21.0 Å². The van der Waals surface area contributed by atoms with Gasteiger partial charge in [-0.05, 0) is 67.4 Å². The predicted molar refractivity (Wildman–Crippen MR) is 92.3 cm³/mol. The lowest BCUT2D eigenvalue weighted by atomic mass is 9.92. The molecule has 2 nitrogen and oxygen atoms in total. The Balaban J connectivity index is 1.81. The Kier molecular flexibility index (Phi) is 5.14. The van der Waals surface area contributed by atoms with Crippen LogP contribution in [-0.2, 0) is 0 Å². The molecule has 1 saturated heterocycles. The van der Waals surface area contributed by atoms with E-state index in [1.54, 1.807) is 0 Å². The van der Waals surface area contributed by atoms with Crippen LogP contribution in [-0.4, -0.2) is 13.1 Å². The second kappa shape index (κ2) is 7.10. The highest BCUT2D eigenvalue weighted by atomic mass is 35.5. The first kappa shape index (κ1) is 15.9. The van der Waals surface area contributed by atoms with Gasteiger partial charge in [-0.2, -0.15) is 0 Å². The fourth-order valence-electron chi connectivity index (χ4n) is 2.46. The molecule has 1 N–H and O–H groups in total. The van der Waals surface area contributed by atoms with Gasteiger partial charge in [0.15, 0.2) is 0 Å². The van der Waals surface area contributed by atoms with Crippen molar-refractivity contribution in [3.63, 3.8) is 0 Å². The van der Waals surface area contributed by atoms with Crippen LogP contribution in [0.1, 0.15) is 18.1 Å². The van der Waals surface area contributed by atoms with E-state index in [4.69, 9.17) is 39.5 Å². The van der Waals surface area contributed by atoms with E-state index in [2.05, 4.69) is 5.32 Å². The topological polar surface area (TPSA) is 21.3 Å². The molecule has 2 aromatic carbocycles. The molecule has 1 fully saturated rings. The third-order valence-corrected chi connectivity index (χ3v) is 4.81. The molecule has 0 aromatic heterocycles. The van der Waals surface area contributed by atoms with E-state index in [1.807, 2.05) is 42.5 Å². The van der Waals surface area contributed by atoms with Crippen molar-refractivity contribution in [1.29, 1.82) is 0 Å². The molecule has 116 valence electrons. The van der Waals surface area contributed by atoms with Crippen LogP contribution in [0.15, 0.2) is 42.5 Å². The molecule has 2 aromatic rings. The van der Waals surface area contributed by atoms with E-state index in [1.165, 1.54) is 0 Å². The Bertz CT molecular complexity index is 641. The van der Waals surface area contributed by atoms with Crippen molar-refractivity contribution in [2.24, 2.45) is 5.92 Å². The predicted octanol–water partition coefficient (Wildman–Crippen LogP) is 5.38. The van der Waals surface area contributed by atoms with Crippen LogP contribution >= 0.6 is 34.8 Å². The number of hydrogen-bond donors (Lipinski definition) is 1. The van der Waals surface area contributed by atoms with Crippen molar-refractivity contribution in [3.05, 3.63) is 63.1 Å². The zero-order chi connectivity index (χ0) is 15.5. The minimum atomic E-state index is -0.0527. The maximum Gasteiger partial charge on any atom is 0.124 e. The van der Waals surface area contributed by atoms with Crippen LogP contribution < -0.4 is 10.1 Å². The summed E-state index contributed by atoms with van der Waals surface area (Å²) in [7, 11) is 0. The molecule has 0 bridgehead atoms. The van der Waals surface area contributed by atoms with Crippen LogP contribution in [0, 0.1) is 5.92 Å². The molecular weight excluding hydrogens is 341 g/mol. The van der Waals surface area contributed by atoms with Gasteiger partial charge < -0.3 is 10.1 Å². The van der Waals surface area contributed by atoms with Gasteiger partial charge in [0.2, 0.25) is 0 Å². The van der Waals surface area contributed by atoms with E-state index >= 15 is 0 Å². The molecule has 0 amide bonds. The van der Waals surface area contributed by atoms with Crippen LogP contribution in [0.5, 0.6) is 5.75 Å². The molecule has 1 heterocycles. The average Bonchev–Trinajstić information content (AvgIpc) is 2.46. The zero-order valence-electron chi connectivity index (χ0n) is 11.9. The lowest BCUT2D eigenvalue weighted by molar-refractivity contribution is 0.149. The van der Waals surface area contributed by atoms with Crippen molar-refractivity contribution in [1.82, 2.24) is 5.32 Å². The van der Waals surface area contributed by atoms with E-state index in [-0.39, 0.29) is 6.10 Å². The third kappa shape index (κ3) is 3.88. The van der Waals surface area contributed by atoms with Gasteiger partial charge in [-0.3, -0.25) is 0 Å². The molecule has 3 rings (SSSR count). The summed E-state index contributed by atoms with van der Waals surface area (Å²) in [5.41, 5.74) is 1.04. The molecule has 0 saturated carbocycles. The number of hydrogen-bond acceptors (Lipinski definition) is 2. The molecule has 0 spiro atoms. The maximum absolute atomic E-state index is 6.17. The van der Waals surface area contributed by atoms with Crippen LogP contribution in [0.4, 0.5) is 0 Å².